The fourth-order valence-electron chi connectivity index (χ4n) is 7.44. The van der Waals surface area contributed by atoms with Gasteiger partial charge in [-0.2, -0.15) is 0 Å². The monoisotopic (exact) mass is 321 g/mol. The number of piperidine rings is 1. The Morgan fingerprint density at radius 2 is 1.91 bits per heavy atom. The van der Waals surface area contributed by atoms with Gasteiger partial charge < -0.3 is 4.90 Å². The molecule has 0 spiro atoms. The van der Waals surface area contributed by atoms with Gasteiger partial charge in [-0.15, -0.1) is 0 Å². The van der Waals surface area contributed by atoms with E-state index in [2.05, 4.69) is 25.7 Å². The van der Waals surface area contributed by atoms with E-state index >= 15 is 0 Å². The van der Waals surface area contributed by atoms with E-state index in [1.54, 1.807) is 0 Å². The maximum Gasteiger partial charge on any atom is 0.222 e. The highest BCUT2D eigenvalue weighted by molar-refractivity contribution is 5.77. The minimum absolute atomic E-state index is 0.231. The van der Waals surface area contributed by atoms with Crippen LogP contribution in [0.5, 0.6) is 0 Å². The van der Waals surface area contributed by atoms with Gasteiger partial charge in [0, 0.05) is 19.5 Å². The topological polar surface area (TPSA) is 20.3 Å². The second-order valence-corrected chi connectivity index (χ2v) is 9.76. The molecule has 23 heavy (non-hydrogen) atoms. The molecule has 0 radical (unpaired) electrons. The zero-order valence-corrected chi connectivity index (χ0v) is 15.1. The van der Waals surface area contributed by atoms with Gasteiger partial charge in [0.15, 0.2) is 0 Å². The van der Waals surface area contributed by atoms with E-state index in [9.17, 15) is 9.18 Å². The number of halogens is 1. The summed E-state index contributed by atoms with van der Waals surface area (Å²) in [5, 5.41) is 0. The van der Waals surface area contributed by atoms with Gasteiger partial charge in [0.25, 0.3) is 0 Å². The van der Waals surface area contributed by atoms with Crippen LogP contribution >= 0.6 is 0 Å². The zero-order chi connectivity index (χ0) is 16.6. The van der Waals surface area contributed by atoms with Gasteiger partial charge in [-0.25, -0.2) is 4.39 Å². The Balaban J connectivity index is 1.70. The van der Waals surface area contributed by atoms with E-state index in [4.69, 9.17) is 0 Å². The third-order valence-electron chi connectivity index (χ3n) is 8.65. The van der Waals surface area contributed by atoms with E-state index in [-0.39, 0.29) is 10.8 Å². The molecule has 0 aromatic rings. The fourth-order valence-corrected chi connectivity index (χ4v) is 7.44. The van der Waals surface area contributed by atoms with E-state index in [1.165, 1.54) is 12.8 Å². The lowest BCUT2D eigenvalue weighted by Gasteiger charge is -2.63. The van der Waals surface area contributed by atoms with Gasteiger partial charge in [-0.05, 0) is 73.0 Å². The molecule has 0 N–H and O–H groups in total. The Bertz CT molecular complexity index is 522. The minimum Gasteiger partial charge on any atom is -0.342 e. The lowest BCUT2D eigenvalue weighted by atomic mass is 9.45. The Kier molecular flexibility index (Phi) is 3.42. The minimum atomic E-state index is -0.586. The number of hydrogen-bond donors (Lipinski definition) is 0. The van der Waals surface area contributed by atoms with Crippen molar-refractivity contribution < 1.29 is 9.18 Å². The molecule has 2 unspecified atom stereocenters. The number of nitrogens with zero attached hydrogens (tertiary/aromatic N) is 1. The number of carbonyl (C=O) groups is 1. The van der Waals surface area contributed by atoms with Gasteiger partial charge in [0.1, 0.15) is 6.17 Å². The highest BCUT2D eigenvalue weighted by atomic mass is 19.1. The molecule has 1 heterocycles. The molecule has 0 aromatic carbocycles. The summed E-state index contributed by atoms with van der Waals surface area (Å²) in [5.41, 5.74) is 0.476. The van der Waals surface area contributed by atoms with E-state index < -0.39 is 6.17 Å². The van der Waals surface area contributed by atoms with Crippen molar-refractivity contribution in [3.63, 3.8) is 0 Å². The molecule has 4 aliphatic rings. The Morgan fingerprint density at radius 3 is 2.65 bits per heavy atom. The molecule has 1 aliphatic heterocycles. The highest BCUT2D eigenvalue weighted by Gasteiger charge is 2.62. The number of amides is 1. The van der Waals surface area contributed by atoms with Crippen LogP contribution in [0.25, 0.3) is 0 Å². The quantitative estimate of drug-likeness (QED) is 0.646. The zero-order valence-electron chi connectivity index (χ0n) is 15.1. The highest BCUT2D eigenvalue weighted by Crippen LogP contribution is 2.66. The molecular weight excluding hydrogens is 289 g/mol. The van der Waals surface area contributed by atoms with Gasteiger partial charge in [-0.3, -0.25) is 4.79 Å². The standard InChI is InChI=1S/C20H32FNO/c1-12-9-16-20(3,8-6-17(23)22(16)4)14-5-7-19(2)11-13(21)10-15(19)18(12)14/h12-16,18H,5-11H2,1-4H3/t12?,13-,14-,15-,16+,18?,19+,20+/m0/s1. The first-order valence-corrected chi connectivity index (χ1v) is 9.66. The first kappa shape index (κ1) is 15.9. The second-order valence-electron chi connectivity index (χ2n) is 9.76. The third-order valence-corrected chi connectivity index (χ3v) is 8.65. The number of carbonyl (C=O) groups excluding carboxylic acids is 1. The van der Waals surface area contributed by atoms with Crippen LogP contribution in [-0.2, 0) is 4.79 Å². The van der Waals surface area contributed by atoms with Crippen LogP contribution in [0.2, 0.25) is 0 Å². The smallest absolute Gasteiger partial charge is 0.222 e. The maximum absolute atomic E-state index is 14.2. The Morgan fingerprint density at radius 1 is 1.17 bits per heavy atom. The normalized spacial score (nSPS) is 56.0. The summed E-state index contributed by atoms with van der Waals surface area (Å²) in [6.45, 7) is 7.17. The van der Waals surface area contributed by atoms with Gasteiger partial charge in [0.2, 0.25) is 5.91 Å². The molecule has 3 aliphatic carbocycles. The summed E-state index contributed by atoms with van der Waals surface area (Å²) in [6, 6.07) is 0.395. The predicted octanol–water partition coefficient (Wildman–Crippen LogP) is 4.43. The average molecular weight is 321 g/mol. The average Bonchev–Trinajstić information content (AvgIpc) is 2.80. The maximum atomic E-state index is 14.2. The number of alkyl halides is 1. The van der Waals surface area contributed by atoms with Crippen molar-refractivity contribution in [3.8, 4) is 0 Å². The van der Waals surface area contributed by atoms with Crippen LogP contribution in [0.3, 0.4) is 0 Å². The lowest BCUT2D eigenvalue weighted by Crippen LogP contribution is -2.62. The first-order valence-electron chi connectivity index (χ1n) is 9.66. The second kappa shape index (κ2) is 4.95. The largest absolute Gasteiger partial charge is 0.342 e. The molecule has 2 nitrogen and oxygen atoms in total. The van der Waals surface area contributed by atoms with Gasteiger partial charge in [0.05, 0.1) is 0 Å². The van der Waals surface area contributed by atoms with Crippen molar-refractivity contribution in [2.45, 2.75) is 77.9 Å². The number of rotatable bonds is 0. The summed E-state index contributed by atoms with van der Waals surface area (Å²) in [7, 11) is 2.01. The van der Waals surface area contributed by atoms with Crippen LogP contribution in [0.4, 0.5) is 4.39 Å². The summed E-state index contributed by atoms with van der Waals surface area (Å²) in [5.74, 6) is 2.84. The molecule has 8 atom stereocenters. The van der Waals surface area contributed by atoms with Crippen LogP contribution in [-0.4, -0.2) is 30.1 Å². The van der Waals surface area contributed by atoms with Crippen molar-refractivity contribution in [2.24, 2.45) is 34.5 Å². The molecule has 130 valence electrons. The predicted molar refractivity (Wildman–Crippen MR) is 89.6 cm³/mol. The summed E-state index contributed by atoms with van der Waals surface area (Å²) >= 11 is 0. The van der Waals surface area contributed by atoms with Crippen molar-refractivity contribution in [2.75, 3.05) is 7.05 Å². The van der Waals surface area contributed by atoms with Crippen molar-refractivity contribution in [1.82, 2.24) is 4.90 Å². The van der Waals surface area contributed by atoms with Crippen molar-refractivity contribution in [1.29, 1.82) is 0 Å². The molecule has 4 fully saturated rings. The van der Waals surface area contributed by atoms with E-state index in [1.807, 2.05) is 7.05 Å². The molecule has 0 bridgehead atoms. The first-order chi connectivity index (χ1) is 10.8. The molecule has 1 saturated heterocycles. The van der Waals surface area contributed by atoms with Gasteiger partial charge >= 0.3 is 0 Å². The fraction of sp³-hybridized carbons (Fsp3) is 0.950. The van der Waals surface area contributed by atoms with Crippen molar-refractivity contribution >= 4 is 5.91 Å². The Labute approximate surface area is 140 Å². The molecule has 4 rings (SSSR count). The third kappa shape index (κ3) is 2.07. The van der Waals surface area contributed by atoms with Crippen LogP contribution in [0.15, 0.2) is 0 Å². The van der Waals surface area contributed by atoms with E-state index in [0.717, 1.165) is 25.7 Å². The molecular formula is C20H32FNO. The van der Waals surface area contributed by atoms with Crippen LogP contribution < -0.4 is 0 Å². The Hall–Kier alpha value is -0.600. The van der Waals surface area contributed by atoms with Crippen molar-refractivity contribution in [3.05, 3.63) is 0 Å². The van der Waals surface area contributed by atoms with Crippen LogP contribution in [0, 0.1) is 34.5 Å². The summed E-state index contributed by atoms with van der Waals surface area (Å²) in [4.78, 5) is 14.3. The number of likely N-dealkylation sites (tertiary alicyclic amines) is 1. The van der Waals surface area contributed by atoms with E-state index in [0.29, 0.717) is 42.0 Å². The van der Waals surface area contributed by atoms with Gasteiger partial charge in [-0.1, -0.05) is 20.8 Å². The molecule has 3 saturated carbocycles. The summed E-state index contributed by atoms with van der Waals surface area (Å²) < 4.78 is 14.2. The lowest BCUT2D eigenvalue weighted by molar-refractivity contribution is -0.164. The number of fused-ring (bicyclic) bond motifs is 5. The van der Waals surface area contributed by atoms with Crippen LogP contribution in [0.1, 0.15) is 65.7 Å². The number of hydrogen-bond acceptors (Lipinski definition) is 1. The SMILES string of the molecule is CC1C[C@H]2N(C)C(=O)CC[C@]2(C)[C@H]2CC[C@]3(C)C[C@@H](F)C[C@H]3C12. The molecule has 0 aromatic heterocycles. The molecule has 3 heteroatoms. The molecule has 1 amide bonds. The summed E-state index contributed by atoms with van der Waals surface area (Å²) in [6.07, 6.45) is 6.27.